The molecular formula is C19H19ClFN3O3. The maximum Gasteiger partial charge on any atom is 0.270 e. The van der Waals surface area contributed by atoms with Crippen LogP contribution in [0.4, 0.5) is 10.1 Å². The molecule has 142 valence electrons. The number of carbonyl (C=O) groups is 1. The molecule has 0 radical (unpaired) electrons. The van der Waals surface area contributed by atoms with Crippen LogP contribution in [0.25, 0.3) is 0 Å². The van der Waals surface area contributed by atoms with Gasteiger partial charge in [0.1, 0.15) is 5.82 Å². The summed E-state index contributed by atoms with van der Waals surface area (Å²) in [4.78, 5) is 27.0. The van der Waals surface area contributed by atoms with Crippen LogP contribution in [-0.2, 0) is 6.54 Å². The lowest BCUT2D eigenvalue weighted by molar-refractivity contribution is -0.384. The summed E-state index contributed by atoms with van der Waals surface area (Å²) < 4.78 is 13.0. The molecule has 0 aromatic heterocycles. The Morgan fingerprint density at radius 1 is 1.11 bits per heavy atom. The summed E-state index contributed by atoms with van der Waals surface area (Å²) >= 11 is 6.08. The summed E-state index contributed by atoms with van der Waals surface area (Å²) in [6, 6.07) is 10.3. The number of halogens is 2. The van der Waals surface area contributed by atoms with Crippen molar-refractivity contribution >= 4 is 23.2 Å². The lowest BCUT2D eigenvalue weighted by Crippen LogP contribution is -2.35. The van der Waals surface area contributed by atoms with Crippen LogP contribution < -0.4 is 0 Å². The first kappa shape index (κ1) is 19.3. The van der Waals surface area contributed by atoms with Crippen LogP contribution >= 0.6 is 11.6 Å². The van der Waals surface area contributed by atoms with E-state index in [0.29, 0.717) is 26.2 Å². The van der Waals surface area contributed by atoms with E-state index in [4.69, 9.17) is 11.6 Å². The number of non-ortho nitro benzene ring substituents is 1. The van der Waals surface area contributed by atoms with Crippen molar-refractivity contribution in [3.8, 4) is 0 Å². The topological polar surface area (TPSA) is 66.7 Å². The van der Waals surface area contributed by atoms with Gasteiger partial charge in [-0.3, -0.25) is 19.8 Å². The van der Waals surface area contributed by atoms with Crippen molar-refractivity contribution in [2.24, 2.45) is 0 Å². The summed E-state index contributed by atoms with van der Waals surface area (Å²) in [7, 11) is 0. The molecule has 1 aliphatic heterocycles. The van der Waals surface area contributed by atoms with E-state index >= 15 is 0 Å². The molecule has 6 nitrogen and oxygen atoms in total. The van der Waals surface area contributed by atoms with Crippen LogP contribution in [0.3, 0.4) is 0 Å². The minimum Gasteiger partial charge on any atom is -0.337 e. The molecule has 8 heteroatoms. The maximum atomic E-state index is 13.0. The fraction of sp³-hybridized carbons (Fsp3) is 0.316. The van der Waals surface area contributed by atoms with E-state index in [9.17, 15) is 19.3 Å². The Bertz CT molecular complexity index is 845. The number of rotatable bonds is 4. The SMILES string of the molecule is O=C(c1ccc([N+](=O)[O-])cc1Cl)N1CCCN(Cc2ccc(F)cc2)CC1. The van der Waals surface area contributed by atoms with Crippen molar-refractivity contribution in [3.63, 3.8) is 0 Å². The van der Waals surface area contributed by atoms with Crippen LogP contribution in [0.15, 0.2) is 42.5 Å². The van der Waals surface area contributed by atoms with Gasteiger partial charge >= 0.3 is 0 Å². The summed E-state index contributed by atoms with van der Waals surface area (Å²) in [6.07, 6.45) is 0.803. The van der Waals surface area contributed by atoms with E-state index in [0.717, 1.165) is 18.5 Å². The number of nitrogens with zero attached hydrogens (tertiary/aromatic N) is 3. The Kier molecular flexibility index (Phi) is 6.03. The van der Waals surface area contributed by atoms with E-state index in [2.05, 4.69) is 4.90 Å². The van der Waals surface area contributed by atoms with Gasteiger partial charge in [-0.1, -0.05) is 23.7 Å². The summed E-state index contributed by atoms with van der Waals surface area (Å²) in [6.45, 7) is 3.34. The highest BCUT2D eigenvalue weighted by Gasteiger charge is 2.23. The lowest BCUT2D eigenvalue weighted by Gasteiger charge is -2.22. The molecule has 0 atom stereocenters. The first-order chi connectivity index (χ1) is 12.9. The fourth-order valence-electron chi connectivity index (χ4n) is 3.14. The molecule has 1 heterocycles. The molecule has 1 fully saturated rings. The van der Waals surface area contributed by atoms with E-state index in [1.165, 1.54) is 30.3 Å². The van der Waals surface area contributed by atoms with Crippen molar-refractivity contribution in [2.75, 3.05) is 26.2 Å². The van der Waals surface area contributed by atoms with Crippen LogP contribution in [0, 0.1) is 15.9 Å². The monoisotopic (exact) mass is 391 g/mol. The molecule has 0 aliphatic carbocycles. The highest BCUT2D eigenvalue weighted by molar-refractivity contribution is 6.34. The van der Waals surface area contributed by atoms with E-state index in [1.807, 2.05) is 0 Å². The Balaban J connectivity index is 1.64. The molecule has 3 rings (SSSR count). The van der Waals surface area contributed by atoms with Gasteiger partial charge in [0, 0.05) is 44.9 Å². The largest absolute Gasteiger partial charge is 0.337 e. The van der Waals surface area contributed by atoms with Gasteiger partial charge in [0.15, 0.2) is 0 Å². The summed E-state index contributed by atoms with van der Waals surface area (Å²) in [5.41, 5.74) is 1.15. The molecule has 0 bridgehead atoms. The zero-order valence-corrected chi connectivity index (χ0v) is 15.4. The molecule has 2 aromatic carbocycles. The third kappa shape index (κ3) is 4.81. The Morgan fingerprint density at radius 3 is 2.52 bits per heavy atom. The standard InChI is InChI=1S/C19H19ClFN3O3/c20-18-12-16(24(26)27)6-7-17(18)19(25)23-9-1-8-22(10-11-23)13-14-2-4-15(21)5-3-14/h2-7,12H,1,8-11,13H2. The average molecular weight is 392 g/mol. The zero-order valence-electron chi connectivity index (χ0n) is 14.6. The summed E-state index contributed by atoms with van der Waals surface area (Å²) in [5.74, 6) is -0.482. The molecule has 1 saturated heterocycles. The second-order valence-electron chi connectivity index (χ2n) is 6.47. The molecule has 0 spiro atoms. The normalized spacial score (nSPS) is 15.4. The van der Waals surface area contributed by atoms with E-state index in [1.54, 1.807) is 17.0 Å². The number of nitro groups is 1. The number of hydrogen-bond donors (Lipinski definition) is 0. The van der Waals surface area contributed by atoms with Crippen LogP contribution in [0.2, 0.25) is 5.02 Å². The highest BCUT2D eigenvalue weighted by Crippen LogP contribution is 2.24. The molecule has 27 heavy (non-hydrogen) atoms. The Hall–Kier alpha value is -2.51. The average Bonchev–Trinajstić information content (AvgIpc) is 2.88. The van der Waals surface area contributed by atoms with Gasteiger partial charge in [-0.2, -0.15) is 0 Å². The minimum atomic E-state index is -0.542. The Labute approximate surface area is 161 Å². The van der Waals surface area contributed by atoms with Crippen molar-refractivity contribution in [2.45, 2.75) is 13.0 Å². The summed E-state index contributed by atoms with van der Waals surface area (Å²) in [5, 5.41) is 10.9. The Morgan fingerprint density at radius 2 is 1.85 bits per heavy atom. The van der Waals surface area contributed by atoms with Crippen LogP contribution in [0.5, 0.6) is 0 Å². The van der Waals surface area contributed by atoms with E-state index in [-0.39, 0.29) is 28.0 Å². The number of nitro benzene ring substituents is 1. The van der Waals surface area contributed by atoms with Crippen LogP contribution in [0.1, 0.15) is 22.3 Å². The molecule has 1 aliphatic rings. The number of amides is 1. The molecule has 0 unspecified atom stereocenters. The minimum absolute atomic E-state index is 0.0848. The van der Waals surface area contributed by atoms with E-state index < -0.39 is 4.92 Å². The maximum absolute atomic E-state index is 13.0. The first-order valence-corrected chi connectivity index (χ1v) is 9.02. The van der Waals surface area contributed by atoms with Gasteiger partial charge in [0.2, 0.25) is 0 Å². The van der Waals surface area contributed by atoms with Crippen LogP contribution in [-0.4, -0.2) is 46.8 Å². The van der Waals surface area contributed by atoms with Crippen molar-refractivity contribution < 1.29 is 14.1 Å². The molecular weight excluding hydrogens is 373 g/mol. The second-order valence-corrected chi connectivity index (χ2v) is 6.88. The highest BCUT2D eigenvalue weighted by atomic mass is 35.5. The van der Waals surface area contributed by atoms with Crippen molar-refractivity contribution in [1.29, 1.82) is 0 Å². The third-order valence-corrected chi connectivity index (χ3v) is 4.90. The predicted octanol–water partition coefficient (Wildman–Crippen LogP) is 3.74. The second kappa shape index (κ2) is 8.45. The first-order valence-electron chi connectivity index (χ1n) is 8.64. The number of hydrogen-bond acceptors (Lipinski definition) is 4. The van der Waals surface area contributed by atoms with Gasteiger partial charge in [-0.25, -0.2) is 4.39 Å². The number of benzene rings is 2. The van der Waals surface area contributed by atoms with Gasteiger partial charge in [-0.15, -0.1) is 0 Å². The van der Waals surface area contributed by atoms with Gasteiger partial charge < -0.3 is 4.90 Å². The predicted molar refractivity (Wildman–Crippen MR) is 100 cm³/mol. The van der Waals surface area contributed by atoms with Gasteiger partial charge in [-0.05, 0) is 30.2 Å². The molecule has 0 N–H and O–H groups in total. The zero-order chi connectivity index (χ0) is 19.4. The van der Waals surface area contributed by atoms with Gasteiger partial charge in [0.05, 0.1) is 15.5 Å². The number of carbonyl (C=O) groups excluding carboxylic acids is 1. The smallest absolute Gasteiger partial charge is 0.270 e. The quantitative estimate of drug-likeness (QED) is 0.588. The molecule has 2 aromatic rings. The lowest BCUT2D eigenvalue weighted by atomic mass is 10.1. The van der Waals surface area contributed by atoms with Crippen molar-refractivity contribution in [3.05, 3.63) is 74.5 Å². The van der Waals surface area contributed by atoms with Crippen molar-refractivity contribution in [1.82, 2.24) is 9.80 Å². The van der Waals surface area contributed by atoms with Gasteiger partial charge in [0.25, 0.3) is 11.6 Å². The molecule has 0 saturated carbocycles. The molecule has 1 amide bonds. The third-order valence-electron chi connectivity index (χ3n) is 4.59. The fourth-order valence-corrected chi connectivity index (χ4v) is 3.40.